The van der Waals surface area contributed by atoms with E-state index in [-0.39, 0.29) is 16.9 Å². The van der Waals surface area contributed by atoms with E-state index >= 15 is 0 Å². The van der Waals surface area contributed by atoms with Crippen molar-refractivity contribution in [2.45, 2.75) is 4.90 Å². The summed E-state index contributed by atoms with van der Waals surface area (Å²) >= 11 is 0. The summed E-state index contributed by atoms with van der Waals surface area (Å²) in [5.74, 6) is -0.384. The molecule has 0 fully saturated rings. The van der Waals surface area contributed by atoms with Gasteiger partial charge in [0.1, 0.15) is 4.90 Å². The van der Waals surface area contributed by atoms with E-state index < -0.39 is 31.5 Å². The second-order valence-corrected chi connectivity index (χ2v) is 8.53. The molecule has 0 amide bonds. The van der Waals surface area contributed by atoms with Crippen molar-refractivity contribution in [3.63, 3.8) is 0 Å². The molecule has 0 bridgehead atoms. The number of hydrazone groups is 1. The number of nitrogens with one attached hydrogen (secondary N) is 2. The van der Waals surface area contributed by atoms with E-state index in [0.29, 0.717) is 17.1 Å². The number of carbonyl (C=O) groups is 1. The van der Waals surface area contributed by atoms with E-state index in [2.05, 4.69) is 15.2 Å². The number of carboxylic acid groups (broad SMARTS) is 1. The molecule has 3 aromatic carbocycles. The van der Waals surface area contributed by atoms with Crippen molar-refractivity contribution in [2.24, 2.45) is 5.10 Å². The van der Waals surface area contributed by atoms with Crippen LogP contribution < -0.4 is 19.6 Å². The minimum Gasteiger partial charge on any atom is -0.493 e. The van der Waals surface area contributed by atoms with Crippen LogP contribution in [0, 0.1) is 10.1 Å². The van der Waals surface area contributed by atoms with E-state index in [9.17, 15) is 28.4 Å². The van der Waals surface area contributed by atoms with Crippen molar-refractivity contribution >= 4 is 39.3 Å². The third-order valence-corrected chi connectivity index (χ3v) is 6.08. The number of methoxy groups -OCH3 is 2. The van der Waals surface area contributed by atoms with E-state index in [0.717, 1.165) is 12.1 Å². The number of carboxylic acids is 1. The summed E-state index contributed by atoms with van der Waals surface area (Å²) in [6.45, 7) is 0. The van der Waals surface area contributed by atoms with Gasteiger partial charge in [-0.25, -0.2) is 13.2 Å². The van der Waals surface area contributed by atoms with Crippen molar-refractivity contribution in [1.82, 2.24) is 0 Å². The van der Waals surface area contributed by atoms with E-state index in [1.807, 2.05) is 0 Å². The zero-order valence-electron chi connectivity index (χ0n) is 18.5. The molecule has 0 aliphatic carbocycles. The highest BCUT2D eigenvalue weighted by atomic mass is 32.2. The molecule has 0 saturated carbocycles. The molecule has 12 nitrogen and oxygen atoms in total. The second-order valence-electron chi connectivity index (χ2n) is 6.88. The Morgan fingerprint density at radius 2 is 1.74 bits per heavy atom. The van der Waals surface area contributed by atoms with E-state index in [4.69, 9.17) is 9.47 Å². The van der Waals surface area contributed by atoms with Crippen molar-refractivity contribution in [1.29, 1.82) is 0 Å². The van der Waals surface area contributed by atoms with Crippen LogP contribution in [0.5, 0.6) is 11.5 Å². The lowest BCUT2D eigenvalue weighted by Crippen LogP contribution is -2.17. The summed E-state index contributed by atoms with van der Waals surface area (Å²) in [4.78, 5) is 21.4. The van der Waals surface area contributed by atoms with Gasteiger partial charge in [-0.3, -0.25) is 20.3 Å². The summed E-state index contributed by atoms with van der Waals surface area (Å²) in [5, 5.41) is 24.6. The van der Waals surface area contributed by atoms with Crippen molar-refractivity contribution in [2.75, 3.05) is 24.4 Å². The number of nitrogens with zero attached hydrogens (tertiary/aromatic N) is 2. The zero-order chi connectivity index (χ0) is 25.6. The molecule has 3 rings (SSSR count). The van der Waals surface area contributed by atoms with E-state index in [1.54, 1.807) is 18.2 Å². The molecule has 3 N–H and O–H groups in total. The van der Waals surface area contributed by atoms with Crippen LogP contribution in [0.15, 0.2) is 70.7 Å². The first kappa shape index (κ1) is 25.0. The van der Waals surface area contributed by atoms with Crippen LogP contribution >= 0.6 is 0 Å². The minimum absolute atomic E-state index is 0.0763. The quantitative estimate of drug-likeness (QED) is 0.214. The number of nitro benzene ring substituents is 1. The minimum atomic E-state index is -4.46. The lowest BCUT2D eigenvalue weighted by Gasteiger charge is -2.13. The average molecular weight is 500 g/mol. The monoisotopic (exact) mass is 500 g/mol. The summed E-state index contributed by atoms with van der Waals surface area (Å²) in [7, 11) is -1.50. The van der Waals surface area contributed by atoms with Crippen LogP contribution in [0.2, 0.25) is 0 Å². The molecule has 0 aliphatic rings. The highest BCUT2D eigenvalue weighted by Gasteiger charge is 2.24. The number of benzene rings is 3. The number of ether oxygens (including phenoxy) is 2. The number of anilines is 2. The molecule has 3 aromatic rings. The smallest absolute Gasteiger partial charge is 0.337 e. The number of rotatable bonds is 10. The third kappa shape index (κ3) is 5.83. The van der Waals surface area contributed by atoms with Crippen molar-refractivity contribution in [3.05, 3.63) is 81.9 Å². The number of hydrogen-bond acceptors (Lipinski definition) is 9. The van der Waals surface area contributed by atoms with Crippen LogP contribution in [0.4, 0.5) is 17.1 Å². The summed E-state index contributed by atoms with van der Waals surface area (Å²) < 4.78 is 38.8. The number of non-ortho nitro benzene ring substituents is 1. The molecular formula is C22H20N4O8S. The first-order valence-electron chi connectivity index (χ1n) is 9.81. The van der Waals surface area contributed by atoms with Gasteiger partial charge in [-0.05, 0) is 42.0 Å². The second kappa shape index (κ2) is 10.5. The molecule has 182 valence electrons. The van der Waals surface area contributed by atoms with Crippen LogP contribution in [0.25, 0.3) is 0 Å². The lowest BCUT2D eigenvalue weighted by atomic mass is 10.2. The molecular weight excluding hydrogens is 480 g/mol. The topological polar surface area (TPSA) is 169 Å². The molecule has 0 unspecified atom stereocenters. The van der Waals surface area contributed by atoms with Crippen molar-refractivity contribution in [3.8, 4) is 11.5 Å². The number of nitro groups is 1. The molecule has 0 aliphatic heterocycles. The Kier molecular flexibility index (Phi) is 7.51. The standard InChI is InChI=1S/C22H20N4O8S/c1-33-19-10-7-14(11-20(19)34-2)13-23-24-18-9-8-15(26(29)30)12-21(18)35(31,32)25-17-6-4-3-5-16(17)22(27)28/h3-13,24-25H,1-2H3,(H,27,28)/b23-13+. The van der Waals surface area contributed by atoms with Crippen molar-refractivity contribution < 1.29 is 32.7 Å². The normalized spacial score (nSPS) is 11.1. The largest absolute Gasteiger partial charge is 0.493 e. The van der Waals surface area contributed by atoms with Crippen LogP contribution in [-0.2, 0) is 10.0 Å². The fourth-order valence-electron chi connectivity index (χ4n) is 3.01. The Morgan fingerprint density at radius 3 is 2.40 bits per heavy atom. The highest BCUT2D eigenvalue weighted by molar-refractivity contribution is 7.93. The van der Waals surface area contributed by atoms with Gasteiger partial charge in [0.05, 0.1) is 42.3 Å². The third-order valence-electron chi connectivity index (χ3n) is 4.67. The number of hydrogen-bond donors (Lipinski definition) is 3. The molecule has 0 aromatic heterocycles. The van der Waals surface area contributed by atoms with Gasteiger partial charge in [-0.15, -0.1) is 0 Å². The van der Waals surface area contributed by atoms with Gasteiger partial charge in [0.15, 0.2) is 11.5 Å². The van der Waals surface area contributed by atoms with E-state index in [1.165, 1.54) is 50.8 Å². The molecule has 0 heterocycles. The summed E-state index contributed by atoms with van der Waals surface area (Å²) in [5.41, 5.74) is 2.11. The maximum absolute atomic E-state index is 13.1. The van der Waals surface area contributed by atoms with Gasteiger partial charge in [0.2, 0.25) is 0 Å². The van der Waals surface area contributed by atoms with Gasteiger partial charge in [-0.1, -0.05) is 12.1 Å². The number of para-hydroxylation sites is 1. The fourth-order valence-corrected chi connectivity index (χ4v) is 4.26. The fraction of sp³-hybridized carbons (Fsp3) is 0.0909. The maximum Gasteiger partial charge on any atom is 0.337 e. The summed E-state index contributed by atoms with van der Waals surface area (Å²) in [6.07, 6.45) is 1.38. The Morgan fingerprint density at radius 1 is 1.03 bits per heavy atom. The number of aromatic carboxylic acids is 1. The van der Waals surface area contributed by atoms with Gasteiger partial charge >= 0.3 is 5.97 Å². The Labute approximate surface area is 200 Å². The van der Waals surface area contributed by atoms with Crippen LogP contribution in [-0.4, -0.2) is 44.9 Å². The van der Waals surface area contributed by atoms with Crippen LogP contribution in [0.1, 0.15) is 15.9 Å². The first-order valence-corrected chi connectivity index (χ1v) is 11.3. The lowest BCUT2D eigenvalue weighted by molar-refractivity contribution is -0.385. The highest BCUT2D eigenvalue weighted by Crippen LogP contribution is 2.30. The van der Waals surface area contributed by atoms with Crippen LogP contribution in [0.3, 0.4) is 0 Å². The molecule has 13 heteroatoms. The van der Waals surface area contributed by atoms with Gasteiger partial charge in [0.25, 0.3) is 15.7 Å². The average Bonchev–Trinajstić information content (AvgIpc) is 2.83. The van der Waals surface area contributed by atoms with Gasteiger partial charge in [-0.2, -0.15) is 5.10 Å². The predicted molar refractivity (Wildman–Crippen MR) is 128 cm³/mol. The van der Waals surface area contributed by atoms with Gasteiger partial charge in [0, 0.05) is 12.1 Å². The Balaban J connectivity index is 1.96. The summed E-state index contributed by atoms with van der Waals surface area (Å²) in [6, 6.07) is 13.5. The molecule has 0 radical (unpaired) electrons. The Bertz CT molecular complexity index is 1410. The first-order chi connectivity index (χ1) is 16.7. The molecule has 0 spiro atoms. The van der Waals surface area contributed by atoms with Gasteiger partial charge < -0.3 is 14.6 Å². The number of sulfonamides is 1. The zero-order valence-corrected chi connectivity index (χ0v) is 19.3. The SMILES string of the molecule is COc1ccc(/C=N/Nc2ccc([N+](=O)[O-])cc2S(=O)(=O)Nc2ccccc2C(=O)O)cc1OC. The molecule has 35 heavy (non-hydrogen) atoms. The maximum atomic E-state index is 13.1. The predicted octanol–water partition coefficient (Wildman–Crippen LogP) is 3.56. The molecule has 0 saturated heterocycles. The Hall–Kier alpha value is -4.65. The molecule has 0 atom stereocenters.